The lowest BCUT2D eigenvalue weighted by Crippen LogP contribution is -2.70. The number of nitrogens with zero attached hydrogens (tertiary/aromatic N) is 3. The molecule has 1 aromatic rings. The fourth-order valence-electron chi connectivity index (χ4n) is 5.10. The molecule has 170 valence electrons. The van der Waals surface area contributed by atoms with Crippen LogP contribution in [0.5, 0.6) is 0 Å². The van der Waals surface area contributed by atoms with Gasteiger partial charge in [0, 0.05) is 25.1 Å². The molecule has 7 heteroatoms. The minimum absolute atomic E-state index is 0.140. The van der Waals surface area contributed by atoms with Crippen LogP contribution in [0.2, 0.25) is 0 Å². The summed E-state index contributed by atoms with van der Waals surface area (Å²) >= 11 is 0. The van der Waals surface area contributed by atoms with Crippen LogP contribution in [-0.4, -0.2) is 66.6 Å². The van der Waals surface area contributed by atoms with Crippen LogP contribution in [0, 0.1) is 11.3 Å². The second-order valence-corrected chi connectivity index (χ2v) is 9.71. The van der Waals surface area contributed by atoms with E-state index < -0.39 is 11.8 Å². The van der Waals surface area contributed by atoms with E-state index in [2.05, 4.69) is 25.7 Å². The molecule has 0 aromatic heterocycles. The first-order valence-electron chi connectivity index (χ1n) is 11.5. The van der Waals surface area contributed by atoms with Gasteiger partial charge >= 0.3 is 6.09 Å². The Morgan fingerprint density at radius 1 is 1.23 bits per heavy atom. The summed E-state index contributed by atoms with van der Waals surface area (Å²) in [5.41, 5.74) is 0.368. The lowest BCUT2D eigenvalue weighted by Gasteiger charge is -2.57. The number of carbonyl (C=O) groups excluding carboxylic acids is 1. The van der Waals surface area contributed by atoms with Gasteiger partial charge in [-0.3, -0.25) is 4.90 Å². The van der Waals surface area contributed by atoms with E-state index >= 15 is 0 Å². The Morgan fingerprint density at radius 2 is 1.94 bits per heavy atom. The van der Waals surface area contributed by atoms with Crippen molar-refractivity contribution in [2.75, 3.05) is 32.9 Å². The number of hydrogen-bond donors (Lipinski definition) is 0. The molecule has 4 rings (SSSR count). The van der Waals surface area contributed by atoms with Crippen LogP contribution in [0.1, 0.15) is 52.5 Å². The van der Waals surface area contributed by atoms with Crippen LogP contribution in [0.25, 0.3) is 0 Å². The lowest BCUT2D eigenvalue weighted by molar-refractivity contribution is -0.204. The third-order valence-corrected chi connectivity index (χ3v) is 6.89. The van der Waals surface area contributed by atoms with Crippen LogP contribution in [0.4, 0.5) is 4.79 Å². The highest BCUT2D eigenvalue weighted by Crippen LogP contribution is 2.48. The van der Waals surface area contributed by atoms with Crippen molar-refractivity contribution in [1.29, 1.82) is 0 Å². The van der Waals surface area contributed by atoms with Crippen molar-refractivity contribution in [3.05, 3.63) is 35.9 Å². The van der Waals surface area contributed by atoms with Gasteiger partial charge in [0.1, 0.15) is 6.04 Å². The van der Waals surface area contributed by atoms with Crippen molar-refractivity contribution in [2.24, 2.45) is 16.4 Å². The van der Waals surface area contributed by atoms with E-state index in [9.17, 15) is 4.79 Å². The normalized spacial score (nSPS) is 29.5. The van der Waals surface area contributed by atoms with E-state index in [0.717, 1.165) is 37.9 Å². The third kappa shape index (κ3) is 4.30. The van der Waals surface area contributed by atoms with Crippen LogP contribution in [-0.2, 0) is 14.2 Å². The van der Waals surface area contributed by atoms with E-state index in [1.165, 1.54) is 0 Å². The molecule has 1 aliphatic carbocycles. The van der Waals surface area contributed by atoms with Crippen LogP contribution in [0.15, 0.2) is 35.4 Å². The first-order valence-corrected chi connectivity index (χ1v) is 11.5. The van der Waals surface area contributed by atoms with Crippen LogP contribution >= 0.6 is 0 Å². The number of ether oxygens (including phenoxy) is 3. The van der Waals surface area contributed by atoms with Crippen molar-refractivity contribution in [3.8, 4) is 0 Å². The quantitative estimate of drug-likeness (QED) is 0.724. The number of amides is 1. The van der Waals surface area contributed by atoms with E-state index in [1.807, 2.05) is 37.3 Å². The summed E-state index contributed by atoms with van der Waals surface area (Å²) in [6.45, 7) is 11.8. The predicted octanol–water partition coefficient (Wildman–Crippen LogP) is 4.08. The number of rotatable bonds is 3. The Kier molecular flexibility index (Phi) is 6.26. The Balaban J connectivity index is 1.79. The molecule has 0 radical (unpaired) electrons. The van der Waals surface area contributed by atoms with E-state index in [0.29, 0.717) is 31.6 Å². The molecule has 0 N–H and O–H groups in total. The van der Waals surface area contributed by atoms with Gasteiger partial charge in [-0.05, 0) is 43.2 Å². The van der Waals surface area contributed by atoms with Crippen LogP contribution in [0.3, 0.4) is 0 Å². The molecule has 0 bridgehead atoms. The van der Waals surface area contributed by atoms with Crippen molar-refractivity contribution in [1.82, 2.24) is 9.91 Å². The standard InChI is InChI=1S/C24H35N3O4/c1-5-30-22(28)27-20-17-19(23(2,3)4)11-12-24(20,26-13-15-29-16-14-26)31-21(25-27)18-9-7-6-8-10-18/h6-10,19-20H,5,11-17H2,1-4H3/t19-,20-,24-/m0/s1. The first-order chi connectivity index (χ1) is 14.8. The highest BCUT2D eigenvalue weighted by Gasteiger charge is 2.58. The molecule has 1 saturated carbocycles. The second kappa shape index (κ2) is 8.79. The fourth-order valence-corrected chi connectivity index (χ4v) is 5.10. The number of benzene rings is 1. The average Bonchev–Trinajstić information content (AvgIpc) is 2.78. The molecule has 7 nitrogen and oxygen atoms in total. The summed E-state index contributed by atoms with van der Waals surface area (Å²) in [6, 6.07) is 9.60. The number of morpholine rings is 1. The molecule has 1 aromatic carbocycles. The van der Waals surface area contributed by atoms with Crippen molar-refractivity contribution < 1.29 is 19.0 Å². The first kappa shape index (κ1) is 22.1. The molecule has 1 amide bonds. The van der Waals surface area contributed by atoms with Gasteiger partial charge in [0.2, 0.25) is 5.90 Å². The van der Waals surface area contributed by atoms with Gasteiger partial charge in [-0.1, -0.05) is 39.0 Å². The zero-order valence-corrected chi connectivity index (χ0v) is 19.2. The number of hydrazone groups is 1. The molecular formula is C24H35N3O4. The Bertz CT molecular complexity index is 801. The summed E-state index contributed by atoms with van der Waals surface area (Å²) in [7, 11) is 0. The molecule has 3 aliphatic rings. The van der Waals surface area contributed by atoms with Gasteiger partial charge in [0.15, 0.2) is 5.72 Å². The highest BCUT2D eigenvalue weighted by atomic mass is 16.6. The molecule has 3 atom stereocenters. The summed E-state index contributed by atoms with van der Waals surface area (Å²) in [5, 5.41) is 6.28. The molecule has 0 spiro atoms. The van der Waals surface area contributed by atoms with E-state index in [-0.39, 0.29) is 11.5 Å². The maximum atomic E-state index is 13.1. The molecule has 2 fully saturated rings. The summed E-state index contributed by atoms with van der Waals surface area (Å²) < 4.78 is 17.9. The highest BCUT2D eigenvalue weighted by molar-refractivity contribution is 5.95. The minimum Gasteiger partial charge on any atom is -0.452 e. The largest absolute Gasteiger partial charge is 0.452 e. The summed E-state index contributed by atoms with van der Waals surface area (Å²) in [4.78, 5) is 15.5. The SMILES string of the molecule is CCOC(=O)N1N=C(c2ccccc2)O[C@@]2(N3CCOCC3)CC[C@H](C(C)(C)C)C[C@H]12. The third-order valence-electron chi connectivity index (χ3n) is 6.89. The molecule has 31 heavy (non-hydrogen) atoms. The summed E-state index contributed by atoms with van der Waals surface area (Å²) in [5.74, 6) is 0.936. The fraction of sp³-hybridized carbons (Fsp3) is 0.667. The van der Waals surface area contributed by atoms with Gasteiger partial charge in [0.25, 0.3) is 0 Å². The maximum Gasteiger partial charge on any atom is 0.430 e. The van der Waals surface area contributed by atoms with E-state index in [4.69, 9.17) is 19.3 Å². The predicted molar refractivity (Wildman–Crippen MR) is 119 cm³/mol. The van der Waals surface area contributed by atoms with Gasteiger partial charge in [-0.2, -0.15) is 5.01 Å². The van der Waals surface area contributed by atoms with Gasteiger partial charge < -0.3 is 14.2 Å². The zero-order chi connectivity index (χ0) is 22.1. The van der Waals surface area contributed by atoms with Gasteiger partial charge in [-0.25, -0.2) is 4.79 Å². The molecule has 0 unspecified atom stereocenters. The molecule has 2 heterocycles. The van der Waals surface area contributed by atoms with Crippen molar-refractivity contribution in [3.63, 3.8) is 0 Å². The Hall–Kier alpha value is -2.12. The number of hydrogen-bond acceptors (Lipinski definition) is 6. The molecule has 2 aliphatic heterocycles. The number of fused-ring (bicyclic) bond motifs is 1. The lowest BCUT2D eigenvalue weighted by atomic mass is 9.67. The summed E-state index contributed by atoms with van der Waals surface area (Å²) in [6.07, 6.45) is 2.29. The topological polar surface area (TPSA) is 63.6 Å². The van der Waals surface area contributed by atoms with Gasteiger partial charge in [-0.15, -0.1) is 5.10 Å². The van der Waals surface area contributed by atoms with Crippen molar-refractivity contribution >= 4 is 12.0 Å². The molecular weight excluding hydrogens is 394 g/mol. The second-order valence-electron chi connectivity index (χ2n) is 9.71. The maximum absolute atomic E-state index is 13.1. The van der Waals surface area contributed by atoms with Crippen LogP contribution < -0.4 is 0 Å². The Labute approximate surface area is 185 Å². The zero-order valence-electron chi connectivity index (χ0n) is 19.2. The molecule has 1 saturated heterocycles. The van der Waals surface area contributed by atoms with E-state index in [1.54, 1.807) is 5.01 Å². The monoisotopic (exact) mass is 429 g/mol. The van der Waals surface area contributed by atoms with Crippen molar-refractivity contribution in [2.45, 2.75) is 58.7 Å². The Morgan fingerprint density at radius 3 is 2.58 bits per heavy atom. The minimum atomic E-state index is -0.634. The van der Waals surface area contributed by atoms with Gasteiger partial charge in [0.05, 0.1) is 19.8 Å². The smallest absolute Gasteiger partial charge is 0.430 e. The average molecular weight is 430 g/mol. The number of carbonyl (C=O) groups is 1.